The third-order valence-corrected chi connectivity index (χ3v) is 4.83. The highest BCUT2D eigenvalue weighted by Crippen LogP contribution is 2.35. The van der Waals surface area contributed by atoms with Crippen molar-refractivity contribution in [2.75, 3.05) is 0 Å². The first-order chi connectivity index (χ1) is 9.32. The molecule has 1 fully saturated rings. The number of rotatable bonds is 6. The Morgan fingerprint density at radius 3 is 2.68 bits per heavy atom. The van der Waals surface area contributed by atoms with Gasteiger partial charge in [0.15, 0.2) is 0 Å². The minimum absolute atomic E-state index is 0.0106. The minimum Gasteiger partial charge on any atom is -0.302 e. The molecule has 1 heterocycles. The monoisotopic (exact) mass is 272 g/mol. The van der Waals surface area contributed by atoms with Gasteiger partial charge < -0.3 is 5.32 Å². The van der Waals surface area contributed by atoms with Crippen LogP contribution in [0.2, 0.25) is 0 Å². The van der Waals surface area contributed by atoms with Crippen LogP contribution < -0.4 is 5.32 Å². The van der Waals surface area contributed by atoms with Crippen LogP contribution in [0.1, 0.15) is 36.8 Å². The lowest BCUT2D eigenvalue weighted by Crippen LogP contribution is -2.45. The standard InChI is InChI=1S/C16H20N2S/c1-2-16(18-14-8-9-14,15-17-10-11-19-15)12-13-6-4-3-5-7-13/h3-7,10-11,14,18H,2,8-9,12H2,1H3. The zero-order valence-electron chi connectivity index (χ0n) is 11.3. The lowest BCUT2D eigenvalue weighted by atomic mass is 9.88. The lowest BCUT2D eigenvalue weighted by Gasteiger charge is -2.32. The summed E-state index contributed by atoms with van der Waals surface area (Å²) in [6.07, 6.45) is 6.63. The van der Waals surface area contributed by atoms with Crippen molar-refractivity contribution in [3.05, 3.63) is 52.5 Å². The minimum atomic E-state index is 0.0106. The van der Waals surface area contributed by atoms with Gasteiger partial charge in [0, 0.05) is 17.6 Å². The molecule has 3 rings (SSSR count). The van der Waals surface area contributed by atoms with E-state index in [1.54, 1.807) is 11.3 Å². The van der Waals surface area contributed by atoms with Gasteiger partial charge in [-0.2, -0.15) is 0 Å². The highest BCUT2D eigenvalue weighted by Gasteiger charge is 2.38. The van der Waals surface area contributed by atoms with Crippen molar-refractivity contribution < 1.29 is 0 Å². The molecule has 0 bridgehead atoms. The second-order valence-corrected chi connectivity index (χ2v) is 6.25. The Hall–Kier alpha value is -1.19. The zero-order valence-corrected chi connectivity index (χ0v) is 12.1. The summed E-state index contributed by atoms with van der Waals surface area (Å²) in [6.45, 7) is 2.26. The third-order valence-electron chi connectivity index (χ3n) is 3.85. The molecule has 1 N–H and O–H groups in total. The summed E-state index contributed by atoms with van der Waals surface area (Å²) in [4.78, 5) is 4.59. The van der Waals surface area contributed by atoms with Gasteiger partial charge in [0.1, 0.15) is 5.01 Å². The van der Waals surface area contributed by atoms with Crippen LogP contribution in [0.5, 0.6) is 0 Å². The number of hydrogen-bond acceptors (Lipinski definition) is 3. The second kappa shape index (κ2) is 5.43. The summed E-state index contributed by atoms with van der Waals surface area (Å²) in [5, 5.41) is 7.16. The highest BCUT2D eigenvalue weighted by molar-refractivity contribution is 7.09. The van der Waals surface area contributed by atoms with E-state index in [9.17, 15) is 0 Å². The summed E-state index contributed by atoms with van der Waals surface area (Å²) in [5.74, 6) is 0. The highest BCUT2D eigenvalue weighted by atomic mass is 32.1. The van der Waals surface area contributed by atoms with Crippen LogP contribution in [0, 0.1) is 0 Å². The van der Waals surface area contributed by atoms with Crippen molar-refractivity contribution in [2.45, 2.75) is 44.2 Å². The fraction of sp³-hybridized carbons (Fsp3) is 0.438. The van der Waals surface area contributed by atoms with E-state index < -0.39 is 0 Å². The fourth-order valence-corrected chi connectivity index (χ4v) is 3.46. The maximum Gasteiger partial charge on any atom is 0.113 e. The molecule has 0 aliphatic heterocycles. The molecule has 1 atom stereocenters. The molecule has 2 aromatic rings. The van der Waals surface area contributed by atoms with E-state index in [-0.39, 0.29) is 5.54 Å². The quantitative estimate of drug-likeness (QED) is 0.866. The number of thiazole rings is 1. The molecule has 1 saturated carbocycles. The molecular weight excluding hydrogens is 252 g/mol. The Morgan fingerprint density at radius 2 is 2.11 bits per heavy atom. The number of nitrogens with one attached hydrogen (secondary N) is 1. The molecule has 0 amide bonds. The molecule has 100 valence electrons. The Kier molecular flexibility index (Phi) is 3.67. The van der Waals surface area contributed by atoms with Crippen molar-refractivity contribution in [1.29, 1.82) is 0 Å². The zero-order chi connectivity index (χ0) is 13.1. The van der Waals surface area contributed by atoms with Gasteiger partial charge in [0.25, 0.3) is 0 Å². The van der Waals surface area contributed by atoms with Crippen LogP contribution in [0.25, 0.3) is 0 Å². The first-order valence-electron chi connectivity index (χ1n) is 7.04. The Labute approximate surface area is 118 Å². The van der Waals surface area contributed by atoms with Crippen LogP contribution in [0.4, 0.5) is 0 Å². The van der Waals surface area contributed by atoms with Gasteiger partial charge in [0.05, 0.1) is 5.54 Å². The smallest absolute Gasteiger partial charge is 0.113 e. The van der Waals surface area contributed by atoms with Crippen LogP contribution in [0.3, 0.4) is 0 Å². The van der Waals surface area contributed by atoms with E-state index >= 15 is 0 Å². The first-order valence-corrected chi connectivity index (χ1v) is 7.92. The van der Waals surface area contributed by atoms with Gasteiger partial charge in [-0.15, -0.1) is 11.3 Å². The molecular formula is C16H20N2S. The van der Waals surface area contributed by atoms with E-state index in [0.29, 0.717) is 6.04 Å². The molecule has 0 saturated heterocycles. The van der Waals surface area contributed by atoms with E-state index in [1.807, 2.05) is 6.20 Å². The molecule has 1 unspecified atom stereocenters. The number of hydrogen-bond donors (Lipinski definition) is 1. The second-order valence-electron chi connectivity index (χ2n) is 5.35. The molecule has 3 heteroatoms. The molecule has 19 heavy (non-hydrogen) atoms. The van der Waals surface area contributed by atoms with Gasteiger partial charge in [0.2, 0.25) is 0 Å². The van der Waals surface area contributed by atoms with Crippen molar-refractivity contribution in [1.82, 2.24) is 10.3 Å². The molecule has 1 aromatic heterocycles. The third kappa shape index (κ3) is 2.88. The number of aromatic nitrogens is 1. The van der Waals surface area contributed by atoms with Gasteiger partial charge in [-0.05, 0) is 31.2 Å². The van der Waals surface area contributed by atoms with E-state index in [4.69, 9.17) is 0 Å². The molecule has 1 aliphatic rings. The Morgan fingerprint density at radius 1 is 1.32 bits per heavy atom. The maximum absolute atomic E-state index is 4.59. The molecule has 1 aromatic carbocycles. The SMILES string of the molecule is CCC(Cc1ccccc1)(NC1CC1)c1nccs1. The topological polar surface area (TPSA) is 24.9 Å². The van der Waals surface area contributed by atoms with Gasteiger partial charge in [-0.1, -0.05) is 37.3 Å². The number of nitrogens with zero attached hydrogens (tertiary/aromatic N) is 1. The Balaban J connectivity index is 1.90. The van der Waals surface area contributed by atoms with Gasteiger partial charge in [-0.3, -0.25) is 0 Å². The summed E-state index contributed by atoms with van der Waals surface area (Å²) in [5.41, 5.74) is 1.39. The van der Waals surface area contributed by atoms with Crippen LogP contribution in [-0.2, 0) is 12.0 Å². The predicted octanol–water partition coefficient (Wildman–Crippen LogP) is 3.74. The molecule has 2 nitrogen and oxygen atoms in total. The summed E-state index contributed by atoms with van der Waals surface area (Å²) in [7, 11) is 0. The average Bonchev–Trinajstić information content (AvgIpc) is 3.08. The van der Waals surface area contributed by atoms with Crippen LogP contribution in [-0.4, -0.2) is 11.0 Å². The average molecular weight is 272 g/mol. The van der Waals surface area contributed by atoms with Crippen LogP contribution in [0.15, 0.2) is 41.9 Å². The summed E-state index contributed by atoms with van der Waals surface area (Å²) >= 11 is 1.77. The van der Waals surface area contributed by atoms with Crippen molar-refractivity contribution in [3.63, 3.8) is 0 Å². The maximum atomic E-state index is 4.59. The lowest BCUT2D eigenvalue weighted by molar-refractivity contribution is 0.312. The van der Waals surface area contributed by atoms with Crippen molar-refractivity contribution in [3.8, 4) is 0 Å². The fourth-order valence-electron chi connectivity index (χ4n) is 2.59. The van der Waals surface area contributed by atoms with Crippen molar-refractivity contribution >= 4 is 11.3 Å². The normalized spacial score (nSPS) is 18.2. The summed E-state index contributed by atoms with van der Waals surface area (Å²) < 4.78 is 0. The van der Waals surface area contributed by atoms with E-state index in [2.05, 4.69) is 52.9 Å². The molecule has 0 spiro atoms. The van der Waals surface area contributed by atoms with Gasteiger partial charge >= 0.3 is 0 Å². The Bertz CT molecular complexity index is 505. The number of benzene rings is 1. The largest absolute Gasteiger partial charge is 0.302 e. The van der Waals surface area contributed by atoms with E-state index in [1.165, 1.54) is 23.4 Å². The predicted molar refractivity (Wildman–Crippen MR) is 80.4 cm³/mol. The summed E-state index contributed by atoms with van der Waals surface area (Å²) in [6, 6.07) is 11.4. The molecule has 0 radical (unpaired) electrons. The van der Waals surface area contributed by atoms with Crippen LogP contribution >= 0.6 is 11.3 Å². The molecule has 1 aliphatic carbocycles. The van der Waals surface area contributed by atoms with Crippen molar-refractivity contribution in [2.24, 2.45) is 0 Å². The van der Waals surface area contributed by atoms with E-state index in [0.717, 1.165) is 12.8 Å². The van der Waals surface area contributed by atoms with Gasteiger partial charge in [-0.25, -0.2) is 4.98 Å². The first kappa shape index (κ1) is 12.8.